The standard InChI is InChI=1S/C25H21ClF2N6O3/c26-16-13-15-23(22(28)20(16)21-17(27)3-1-4-18(21)36)31-25(37-12-5-19-29-6-2-7-30-19)32-24(15)34-10-8-33(14-35)9-11-34/h1-4,6-7,13-14,36H,5,8-12H2. The highest BCUT2D eigenvalue weighted by atomic mass is 35.5. The zero-order chi connectivity index (χ0) is 25.9. The van der Waals surface area contributed by atoms with Crippen molar-refractivity contribution in [3.8, 4) is 22.9 Å². The van der Waals surface area contributed by atoms with Gasteiger partial charge in [-0.1, -0.05) is 17.7 Å². The molecule has 3 heterocycles. The molecule has 0 unspecified atom stereocenters. The van der Waals surface area contributed by atoms with E-state index in [2.05, 4.69) is 19.9 Å². The van der Waals surface area contributed by atoms with Crippen LogP contribution in [0.4, 0.5) is 14.6 Å². The molecule has 1 aliphatic heterocycles. The molecule has 0 atom stereocenters. The van der Waals surface area contributed by atoms with Crippen LogP contribution in [0, 0.1) is 11.6 Å². The van der Waals surface area contributed by atoms with E-state index < -0.39 is 17.4 Å². The van der Waals surface area contributed by atoms with Gasteiger partial charge >= 0.3 is 6.01 Å². The minimum Gasteiger partial charge on any atom is -0.507 e. The maximum atomic E-state index is 16.0. The Balaban J connectivity index is 1.59. The van der Waals surface area contributed by atoms with Crippen LogP contribution in [0.25, 0.3) is 22.0 Å². The zero-order valence-corrected chi connectivity index (χ0v) is 20.2. The Labute approximate surface area is 215 Å². The van der Waals surface area contributed by atoms with Gasteiger partial charge < -0.3 is 19.6 Å². The lowest BCUT2D eigenvalue weighted by molar-refractivity contribution is -0.118. The van der Waals surface area contributed by atoms with Gasteiger partial charge in [0.05, 0.1) is 17.2 Å². The lowest BCUT2D eigenvalue weighted by atomic mass is 10.0. The molecule has 0 aliphatic carbocycles. The van der Waals surface area contributed by atoms with Crippen LogP contribution in [-0.2, 0) is 11.2 Å². The normalized spacial score (nSPS) is 13.7. The van der Waals surface area contributed by atoms with Crippen molar-refractivity contribution in [1.29, 1.82) is 0 Å². The summed E-state index contributed by atoms with van der Waals surface area (Å²) in [5.74, 6) is -1.29. The maximum absolute atomic E-state index is 16.0. The number of hydrogen-bond acceptors (Lipinski definition) is 8. The van der Waals surface area contributed by atoms with Gasteiger partial charge in [0.25, 0.3) is 0 Å². The molecule has 37 heavy (non-hydrogen) atoms. The Morgan fingerprint density at radius 1 is 1.05 bits per heavy atom. The molecular weight excluding hydrogens is 506 g/mol. The molecule has 1 fully saturated rings. The predicted octanol–water partition coefficient (Wildman–Crippen LogP) is 3.62. The van der Waals surface area contributed by atoms with Crippen LogP contribution in [0.1, 0.15) is 5.82 Å². The number of carbonyl (C=O) groups is 1. The smallest absolute Gasteiger partial charge is 0.319 e. The first-order chi connectivity index (χ1) is 18.0. The van der Waals surface area contributed by atoms with Gasteiger partial charge in [0, 0.05) is 55.9 Å². The van der Waals surface area contributed by atoms with E-state index in [0.29, 0.717) is 49.6 Å². The van der Waals surface area contributed by atoms with E-state index in [0.717, 1.165) is 12.5 Å². The van der Waals surface area contributed by atoms with Gasteiger partial charge in [-0.3, -0.25) is 4.79 Å². The number of aromatic hydroxyl groups is 1. The molecule has 0 radical (unpaired) electrons. The first kappa shape index (κ1) is 24.6. The van der Waals surface area contributed by atoms with E-state index in [1.165, 1.54) is 18.2 Å². The summed E-state index contributed by atoms with van der Waals surface area (Å²) >= 11 is 6.44. The first-order valence-corrected chi connectivity index (χ1v) is 11.8. The molecule has 0 saturated carbocycles. The van der Waals surface area contributed by atoms with Crippen LogP contribution in [0.5, 0.6) is 11.8 Å². The SMILES string of the molecule is O=CN1CCN(c2nc(OCCc3ncccn3)nc3c(F)c(-c4c(O)cccc4F)c(Cl)cc23)CC1. The Morgan fingerprint density at radius 3 is 2.51 bits per heavy atom. The monoisotopic (exact) mass is 526 g/mol. The highest BCUT2D eigenvalue weighted by molar-refractivity contribution is 6.34. The molecule has 9 nitrogen and oxygen atoms in total. The number of phenols is 1. The number of hydrogen-bond donors (Lipinski definition) is 1. The summed E-state index contributed by atoms with van der Waals surface area (Å²) in [6, 6.07) is 6.71. The van der Waals surface area contributed by atoms with E-state index in [-0.39, 0.29) is 34.3 Å². The van der Waals surface area contributed by atoms with Crippen LogP contribution in [0.15, 0.2) is 42.7 Å². The van der Waals surface area contributed by atoms with E-state index in [1.54, 1.807) is 23.4 Å². The van der Waals surface area contributed by atoms with Crippen LogP contribution in [0.3, 0.4) is 0 Å². The van der Waals surface area contributed by atoms with Gasteiger partial charge in [0.2, 0.25) is 6.41 Å². The van der Waals surface area contributed by atoms with Gasteiger partial charge in [-0.05, 0) is 24.3 Å². The predicted molar refractivity (Wildman–Crippen MR) is 133 cm³/mol. The number of carbonyl (C=O) groups excluding carboxylic acids is 1. The summed E-state index contributed by atoms with van der Waals surface area (Å²) < 4.78 is 36.4. The lowest BCUT2D eigenvalue weighted by Crippen LogP contribution is -2.46. The second-order valence-corrected chi connectivity index (χ2v) is 8.71. The maximum Gasteiger partial charge on any atom is 0.319 e. The highest BCUT2D eigenvalue weighted by Crippen LogP contribution is 2.42. The summed E-state index contributed by atoms with van der Waals surface area (Å²) in [6.07, 6.45) is 4.38. The fraction of sp³-hybridized carbons (Fsp3) is 0.240. The Kier molecular flexibility index (Phi) is 6.95. The third-order valence-electron chi connectivity index (χ3n) is 6.02. The van der Waals surface area contributed by atoms with Crippen molar-refractivity contribution in [3.05, 3.63) is 65.2 Å². The van der Waals surface area contributed by atoms with Crippen LogP contribution in [0.2, 0.25) is 5.02 Å². The molecular formula is C25H21ClF2N6O3. The number of piperazine rings is 1. The van der Waals surface area contributed by atoms with Crippen LogP contribution in [-0.4, -0.2) is 69.1 Å². The second kappa shape index (κ2) is 10.5. The molecule has 1 aliphatic rings. The number of anilines is 1. The summed E-state index contributed by atoms with van der Waals surface area (Å²) in [6.45, 7) is 1.92. The number of halogens is 3. The molecule has 0 bridgehead atoms. The average molecular weight is 527 g/mol. The summed E-state index contributed by atoms with van der Waals surface area (Å²) in [7, 11) is 0. The van der Waals surface area contributed by atoms with Crippen molar-refractivity contribution >= 4 is 34.7 Å². The van der Waals surface area contributed by atoms with Gasteiger partial charge in [-0.25, -0.2) is 18.7 Å². The fourth-order valence-corrected chi connectivity index (χ4v) is 4.47. The molecule has 5 rings (SSSR count). The Hall–Kier alpha value is -4.12. The Bertz CT molecular complexity index is 1430. The van der Waals surface area contributed by atoms with E-state index >= 15 is 4.39 Å². The van der Waals surface area contributed by atoms with Gasteiger partial charge in [-0.2, -0.15) is 9.97 Å². The van der Waals surface area contributed by atoms with Gasteiger partial charge in [0.15, 0.2) is 5.82 Å². The average Bonchev–Trinajstić information content (AvgIpc) is 2.91. The molecule has 190 valence electrons. The van der Waals surface area contributed by atoms with Gasteiger partial charge in [0.1, 0.15) is 28.7 Å². The summed E-state index contributed by atoms with van der Waals surface area (Å²) in [4.78, 5) is 31.8. The van der Waals surface area contributed by atoms with Crippen molar-refractivity contribution in [1.82, 2.24) is 24.8 Å². The second-order valence-electron chi connectivity index (χ2n) is 8.30. The molecule has 1 saturated heterocycles. The summed E-state index contributed by atoms with van der Waals surface area (Å²) in [5.41, 5.74) is -0.824. The first-order valence-electron chi connectivity index (χ1n) is 11.5. The quantitative estimate of drug-likeness (QED) is 0.364. The van der Waals surface area contributed by atoms with Crippen LogP contribution >= 0.6 is 11.6 Å². The van der Waals surface area contributed by atoms with Crippen molar-refractivity contribution in [3.63, 3.8) is 0 Å². The van der Waals surface area contributed by atoms with Crippen molar-refractivity contribution in [2.45, 2.75) is 6.42 Å². The minimum absolute atomic E-state index is 0.0961. The summed E-state index contributed by atoms with van der Waals surface area (Å²) in [5, 5.41) is 10.5. The molecule has 12 heteroatoms. The van der Waals surface area contributed by atoms with Crippen molar-refractivity contribution in [2.75, 3.05) is 37.7 Å². The molecule has 2 aromatic carbocycles. The topological polar surface area (TPSA) is 105 Å². The number of nitrogens with zero attached hydrogens (tertiary/aromatic N) is 6. The molecule has 1 N–H and O–H groups in total. The third kappa shape index (κ3) is 4.94. The third-order valence-corrected chi connectivity index (χ3v) is 6.32. The number of amides is 1. The number of benzene rings is 2. The van der Waals surface area contributed by atoms with E-state index in [9.17, 15) is 14.3 Å². The number of ether oxygens (including phenoxy) is 1. The molecule has 0 spiro atoms. The van der Waals surface area contributed by atoms with Crippen molar-refractivity contribution < 1.29 is 23.4 Å². The zero-order valence-electron chi connectivity index (χ0n) is 19.4. The highest BCUT2D eigenvalue weighted by Gasteiger charge is 2.26. The molecule has 2 aromatic heterocycles. The fourth-order valence-electron chi connectivity index (χ4n) is 4.19. The molecule has 4 aromatic rings. The Morgan fingerprint density at radius 2 is 1.81 bits per heavy atom. The molecule has 1 amide bonds. The lowest BCUT2D eigenvalue weighted by Gasteiger charge is -2.34. The van der Waals surface area contributed by atoms with Gasteiger partial charge in [-0.15, -0.1) is 0 Å². The van der Waals surface area contributed by atoms with E-state index in [1.807, 2.05) is 4.90 Å². The number of fused-ring (bicyclic) bond motifs is 1. The van der Waals surface area contributed by atoms with E-state index in [4.69, 9.17) is 16.3 Å². The number of rotatable bonds is 7. The van der Waals surface area contributed by atoms with Crippen LogP contribution < -0.4 is 9.64 Å². The number of phenolic OH excluding ortho intramolecular Hbond substituents is 1. The number of aromatic nitrogens is 4. The van der Waals surface area contributed by atoms with Crippen molar-refractivity contribution in [2.24, 2.45) is 0 Å². The minimum atomic E-state index is -0.922. The largest absolute Gasteiger partial charge is 0.507 e.